The van der Waals surface area contributed by atoms with E-state index in [4.69, 9.17) is 5.73 Å². The third-order valence-electron chi connectivity index (χ3n) is 2.73. The normalized spacial score (nSPS) is 20.8. The number of thioether (sulfide) groups is 1. The molecule has 0 aliphatic carbocycles. The van der Waals surface area contributed by atoms with Crippen molar-refractivity contribution in [2.45, 2.75) is 29.4 Å². The number of nitrogens with two attached hydrogens (primary N) is 1. The fourth-order valence-corrected chi connectivity index (χ4v) is 2.95. The van der Waals surface area contributed by atoms with Gasteiger partial charge in [-0.15, -0.1) is 11.8 Å². The number of nitrogen functional groups attached to an aromatic ring is 1. The van der Waals surface area contributed by atoms with Crippen LogP contribution < -0.4 is 11.1 Å². The molecule has 1 atom stereocenters. The number of benzene rings is 1. The van der Waals surface area contributed by atoms with E-state index in [-0.39, 0.29) is 17.0 Å². The first-order valence-corrected chi connectivity index (χ1v) is 6.54. The minimum Gasteiger partial charge on any atom is -0.398 e. The molecule has 17 heavy (non-hydrogen) atoms. The number of rotatable bonds is 2. The molecule has 1 aliphatic rings. The Morgan fingerprint density at radius 3 is 3.06 bits per heavy atom. The molecule has 5 heteroatoms. The molecule has 0 aromatic heterocycles. The zero-order valence-corrected chi connectivity index (χ0v) is 10.2. The summed E-state index contributed by atoms with van der Waals surface area (Å²) < 4.78 is 13.1. The highest BCUT2D eigenvalue weighted by Gasteiger charge is 2.22. The Kier molecular flexibility index (Phi) is 3.89. The summed E-state index contributed by atoms with van der Waals surface area (Å²) in [5, 5.41) is 2.69. The monoisotopic (exact) mass is 254 g/mol. The van der Waals surface area contributed by atoms with Gasteiger partial charge in [0.25, 0.3) is 0 Å². The Balaban J connectivity index is 2.13. The van der Waals surface area contributed by atoms with E-state index in [1.165, 1.54) is 30.0 Å². The molecular formula is C12H15FN2OS. The first-order chi connectivity index (χ1) is 8.16. The molecule has 0 radical (unpaired) electrons. The highest BCUT2D eigenvalue weighted by Crippen LogP contribution is 2.32. The SMILES string of the molecule is Nc1ccc(F)cc1SC1CCCCNC1=O. The number of carbonyl (C=O) groups is 1. The number of carbonyl (C=O) groups excluding carboxylic acids is 1. The number of anilines is 1. The molecule has 3 nitrogen and oxygen atoms in total. The maximum Gasteiger partial charge on any atom is 0.233 e. The summed E-state index contributed by atoms with van der Waals surface area (Å²) in [6, 6.07) is 4.25. The molecular weight excluding hydrogens is 239 g/mol. The van der Waals surface area contributed by atoms with Crippen LogP contribution in [-0.4, -0.2) is 17.7 Å². The van der Waals surface area contributed by atoms with Crippen LogP contribution in [-0.2, 0) is 4.79 Å². The van der Waals surface area contributed by atoms with Crippen LogP contribution in [0.1, 0.15) is 19.3 Å². The van der Waals surface area contributed by atoms with Crippen LogP contribution in [0.25, 0.3) is 0 Å². The van der Waals surface area contributed by atoms with Crippen LogP contribution in [0.3, 0.4) is 0 Å². The van der Waals surface area contributed by atoms with E-state index < -0.39 is 0 Å². The van der Waals surface area contributed by atoms with Gasteiger partial charge in [-0.1, -0.05) is 6.42 Å². The molecule has 1 aromatic rings. The van der Waals surface area contributed by atoms with Gasteiger partial charge in [0.2, 0.25) is 5.91 Å². The van der Waals surface area contributed by atoms with E-state index in [0.29, 0.717) is 10.6 Å². The van der Waals surface area contributed by atoms with Crippen LogP contribution in [0.4, 0.5) is 10.1 Å². The molecule has 0 bridgehead atoms. The van der Waals surface area contributed by atoms with E-state index in [9.17, 15) is 9.18 Å². The number of hydrogen-bond donors (Lipinski definition) is 2. The Labute approximate surface area is 104 Å². The lowest BCUT2D eigenvalue weighted by Crippen LogP contribution is -2.30. The Morgan fingerprint density at radius 2 is 2.24 bits per heavy atom. The second kappa shape index (κ2) is 5.40. The van der Waals surface area contributed by atoms with Gasteiger partial charge in [-0.3, -0.25) is 4.79 Å². The molecule has 3 N–H and O–H groups in total. The molecule has 1 fully saturated rings. The van der Waals surface area contributed by atoms with Crippen molar-refractivity contribution in [3.63, 3.8) is 0 Å². The predicted octanol–water partition coefficient (Wildman–Crippen LogP) is 2.17. The fraction of sp³-hybridized carbons (Fsp3) is 0.417. The fourth-order valence-electron chi connectivity index (χ4n) is 1.79. The summed E-state index contributed by atoms with van der Waals surface area (Å²) in [5.74, 6) is -0.299. The summed E-state index contributed by atoms with van der Waals surface area (Å²) in [6.07, 6.45) is 2.82. The molecule has 2 rings (SSSR count). The lowest BCUT2D eigenvalue weighted by Gasteiger charge is -2.13. The Hall–Kier alpha value is -1.23. The maximum atomic E-state index is 13.1. The topological polar surface area (TPSA) is 55.1 Å². The minimum atomic E-state index is -0.323. The van der Waals surface area contributed by atoms with E-state index in [0.717, 1.165) is 25.8 Å². The number of halogens is 1. The molecule has 92 valence electrons. The van der Waals surface area contributed by atoms with Gasteiger partial charge in [0, 0.05) is 17.1 Å². The molecule has 0 saturated carbocycles. The first kappa shape index (κ1) is 12.2. The van der Waals surface area contributed by atoms with Crippen molar-refractivity contribution in [2.75, 3.05) is 12.3 Å². The van der Waals surface area contributed by atoms with Crippen LogP contribution in [0.2, 0.25) is 0 Å². The highest BCUT2D eigenvalue weighted by molar-refractivity contribution is 8.00. The largest absolute Gasteiger partial charge is 0.398 e. The number of amides is 1. The summed E-state index contributed by atoms with van der Waals surface area (Å²) in [5.41, 5.74) is 6.29. The molecule has 1 amide bonds. The van der Waals surface area contributed by atoms with Crippen molar-refractivity contribution in [2.24, 2.45) is 0 Å². The van der Waals surface area contributed by atoms with Gasteiger partial charge in [0.05, 0.1) is 5.25 Å². The zero-order valence-electron chi connectivity index (χ0n) is 9.41. The minimum absolute atomic E-state index is 0.0242. The van der Waals surface area contributed by atoms with Gasteiger partial charge < -0.3 is 11.1 Å². The van der Waals surface area contributed by atoms with E-state index in [1.54, 1.807) is 0 Å². The van der Waals surface area contributed by atoms with Crippen molar-refractivity contribution in [1.82, 2.24) is 5.32 Å². The molecule has 1 unspecified atom stereocenters. The van der Waals surface area contributed by atoms with Gasteiger partial charge in [-0.05, 0) is 31.0 Å². The van der Waals surface area contributed by atoms with Crippen molar-refractivity contribution < 1.29 is 9.18 Å². The molecule has 1 saturated heterocycles. The summed E-state index contributed by atoms with van der Waals surface area (Å²) in [6.45, 7) is 0.731. The summed E-state index contributed by atoms with van der Waals surface area (Å²) in [7, 11) is 0. The number of nitrogens with one attached hydrogen (secondary N) is 1. The van der Waals surface area contributed by atoms with Gasteiger partial charge in [-0.2, -0.15) is 0 Å². The molecule has 1 aliphatic heterocycles. The van der Waals surface area contributed by atoms with Crippen molar-refractivity contribution in [3.8, 4) is 0 Å². The van der Waals surface area contributed by atoms with Crippen molar-refractivity contribution in [1.29, 1.82) is 0 Å². The Bertz CT molecular complexity index is 425. The average Bonchev–Trinajstić information content (AvgIpc) is 2.50. The van der Waals surface area contributed by atoms with E-state index in [1.807, 2.05) is 0 Å². The first-order valence-electron chi connectivity index (χ1n) is 5.66. The second-order valence-corrected chi connectivity index (χ2v) is 5.32. The zero-order chi connectivity index (χ0) is 12.3. The lowest BCUT2D eigenvalue weighted by atomic mass is 10.2. The van der Waals surface area contributed by atoms with Crippen molar-refractivity contribution in [3.05, 3.63) is 24.0 Å². The van der Waals surface area contributed by atoms with Gasteiger partial charge >= 0.3 is 0 Å². The quantitative estimate of drug-likeness (QED) is 0.795. The third kappa shape index (κ3) is 3.12. The van der Waals surface area contributed by atoms with Crippen LogP contribution in [0.15, 0.2) is 23.1 Å². The van der Waals surface area contributed by atoms with Crippen LogP contribution >= 0.6 is 11.8 Å². The molecule has 0 spiro atoms. The standard InChI is InChI=1S/C12H15FN2OS/c13-8-4-5-9(14)11(7-8)17-10-3-1-2-6-15-12(10)16/h4-5,7,10H,1-3,6,14H2,(H,15,16). The maximum absolute atomic E-state index is 13.1. The second-order valence-electron chi connectivity index (χ2n) is 4.08. The highest BCUT2D eigenvalue weighted by atomic mass is 32.2. The van der Waals surface area contributed by atoms with E-state index >= 15 is 0 Å². The average molecular weight is 254 g/mol. The molecule has 1 aromatic carbocycles. The lowest BCUT2D eigenvalue weighted by molar-refractivity contribution is -0.120. The molecule has 1 heterocycles. The van der Waals surface area contributed by atoms with Gasteiger partial charge in [0.1, 0.15) is 5.82 Å². The Morgan fingerprint density at radius 1 is 1.41 bits per heavy atom. The van der Waals surface area contributed by atoms with Crippen molar-refractivity contribution >= 4 is 23.4 Å². The smallest absolute Gasteiger partial charge is 0.233 e. The van der Waals surface area contributed by atoms with E-state index in [2.05, 4.69) is 5.32 Å². The summed E-state index contributed by atoms with van der Waals surface area (Å²) >= 11 is 1.35. The third-order valence-corrected chi connectivity index (χ3v) is 4.07. The van der Waals surface area contributed by atoms with Gasteiger partial charge in [-0.25, -0.2) is 4.39 Å². The van der Waals surface area contributed by atoms with Crippen LogP contribution in [0, 0.1) is 5.82 Å². The summed E-state index contributed by atoms with van der Waals surface area (Å²) in [4.78, 5) is 12.4. The predicted molar refractivity (Wildman–Crippen MR) is 67.3 cm³/mol. The van der Waals surface area contributed by atoms with Crippen LogP contribution in [0.5, 0.6) is 0 Å². The van der Waals surface area contributed by atoms with Gasteiger partial charge in [0.15, 0.2) is 0 Å². The number of hydrogen-bond acceptors (Lipinski definition) is 3.